The highest BCUT2D eigenvalue weighted by Crippen LogP contribution is 2.48. The molecule has 9 heteroatoms. The Hall–Kier alpha value is -3.60. The molecule has 0 radical (unpaired) electrons. The number of hydrogen-bond acceptors (Lipinski definition) is 9. The zero-order valence-corrected chi connectivity index (χ0v) is 32.4. The monoisotopic (exact) mass is 740 g/mol. The minimum absolute atomic E-state index is 0.00394. The summed E-state index contributed by atoms with van der Waals surface area (Å²) < 4.78 is 32.5. The van der Waals surface area contributed by atoms with E-state index in [1.165, 1.54) is 0 Å². The van der Waals surface area contributed by atoms with Crippen LogP contribution in [0.5, 0.6) is 0 Å². The molecular formula is C45H56O9. The molecule has 12 atom stereocenters. The number of carbonyl (C=O) groups excluding carboxylic acids is 2. The lowest BCUT2D eigenvalue weighted by atomic mass is 9.71. The second kappa shape index (κ2) is 15.5. The Morgan fingerprint density at radius 1 is 1.06 bits per heavy atom. The maximum absolute atomic E-state index is 14.2. The van der Waals surface area contributed by atoms with E-state index in [0.29, 0.717) is 54.2 Å². The van der Waals surface area contributed by atoms with Crippen LogP contribution in [0.3, 0.4) is 0 Å². The van der Waals surface area contributed by atoms with Gasteiger partial charge < -0.3 is 33.9 Å². The Labute approximate surface area is 319 Å². The second-order valence-corrected chi connectivity index (χ2v) is 16.5. The molecule has 4 heterocycles. The summed E-state index contributed by atoms with van der Waals surface area (Å²) in [4.78, 5) is 28.0. The minimum Gasteiger partial charge on any atom is -0.462 e. The van der Waals surface area contributed by atoms with E-state index in [1.54, 1.807) is 31.2 Å². The molecule has 0 saturated carbocycles. The molecule has 0 aromatic heterocycles. The number of aliphatic hydroxyl groups excluding tert-OH is 1. The first-order valence-electron chi connectivity index (χ1n) is 19.8. The van der Waals surface area contributed by atoms with E-state index < -0.39 is 53.7 Å². The van der Waals surface area contributed by atoms with Gasteiger partial charge in [0, 0.05) is 25.2 Å². The Bertz CT molecular complexity index is 1860. The third-order valence-corrected chi connectivity index (χ3v) is 12.7. The average molecular weight is 741 g/mol. The average Bonchev–Trinajstić information content (AvgIpc) is 3.50. The van der Waals surface area contributed by atoms with Crippen molar-refractivity contribution >= 4 is 22.7 Å². The zero-order valence-electron chi connectivity index (χ0n) is 32.4. The lowest BCUT2D eigenvalue weighted by molar-refractivity contribution is -0.340. The molecule has 7 rings (SSSR count). The van der Waals surface area contributed by atoms with Gasteiger partial charge in [-0.05, 0) is 78.1 Å². The van der Waals surface area contributed by atoms with Gasteiger partial charge in [-0.3, -0.25) is 4.79 Å². The van der Waals surface area contributed by atoms with Gasteiger partial charge in [0.1, 0.15) is 35.9 Å². The maximum Gasteiger partial charge on any atom is 0.338 e. The summed E-state index contributed by atoms with van der Waals surface area (Å²) in [5.41, 5.74) is 0.527. The standard InChI is InChI=1S/C45H56O9/c1-7-26(2)40-29(5)19-20-44(54-40)24-36-23-35(53-44)18-15-28(4)39(52-42(47)33-17-16-31-12-8-9-13-32(31)22-33)27(3)11-10-14-34-25-50-41-38(46)30(6)21-37(43(48)51-36)45(34,41)49/h8-17,21-22,26-27,29,35-41,46,49H,7,18-20,23-25H2,1-6H3/b11-10+,28-15+,34-14+/t26-,27-,29-,35+,36-,37-,38+,39-,40+,41+,44+,45+/m0/s1. The van der Waals surface area contributed by atoms with Crippen LogP contribution in [0.1, 0.15) is 90.4 Å². The number of allylic oxidation sites excluding steroid dienone is 2. The van der Waals surface area contributed by atoms with Crippen molar-refractivity contribution in [1.82, 2.24) is 0 Å². The highest BCUT2D eigenvalue weighted by molar-refractivity contribution is 5.95. The number of aliphatic hydroxyl groups is 2. The fraction of sp³-hybridized carbons (Fsp3) is 0.556. The van der Waals surface area contributed by atoms with Crippen molar-refractivity contribution in [2.45, 2.75) is 128 Å². The first-order valence-corrected chi connectivity index (χ1v) is 19.8. The molecule has 2 aromatic rings. The molecule has 54 heavy (non-hydrogen) atoms. The summed E-state index contributed by atoms with van der Waals surface area (Å²) in [6, 6.07) is 13.5. The lowest BCUT2D eigenvalue weighted by Crippen LogP contribution is -2.58. The summed E-state index contributed by atoms with van der Waals surface area (Å²) in [7, 11) is 0. The second-order valence-electron chi connectivity index (χ2n) is 16.5. The molecule has 1 spiro atoms. The van der Waals surface area contributed by atoms with Gasteiger partial charge in [0.15, 0.2) is 5.79 Å². The van der Waals surface area contributed by atoms with Gasteiger partial charge in [-0.2, -0.15) is 0 Å². The number of ether oxygens (including phenoxy) is 5. The van der Waals surface area contributed by atoms with Crippen molar-refractivity contribution in [3.05, 3.63) is 95.1 Å². The summed E-state index contributed by atoms with van der Waals surface area (Å²) in [6.45, 7) is 12.3. The summed E-state index contributed by atoms with van der Waals surface area (Å²) >= 11 is 0. The van der Waals surface area contributed by atoms with Crippen LogP contribution in [0.15, 0.2) is 89.6 Å². The number of fused-ring (bicyclic) bond motifs is 3. The molecule has 3 fully saturated rings. The van der Waals surface area contributed by atoms with Crippen molar-refractivity contribution in [3.8, 4) is 0 Å². The van der Waals surface area contributed by atoms with Crippen LogP contribution >= 0.6 is 0 Å². The third-order valence-electron chi connectivity index (χ3n) is 12.7. The molecule has 5 aliphatic rings. The van der Waals surface area contributed by atoms with E-state index in [-0.39, 0.29) is 24.7 Å². The van der Waals surface area contributed by atoms with Crippen LogP contribution in [0.25, 0.3) is 10.8 Å². The van der Waals surface area contributed by atoms with Gasteiger partial charge in [0.2, 0.25) is 0 Å². The predicted molar refractivity (Wildman–Crippen MR) is 205 cm³/mol. The van der Waals surface area contributed by atoms with Crippen LogP contribution in [0, 0.1) is 23.7 Å². The Balaban J connectivity index is 1.26. The molecular weight excluding hydrogens is 684 g/mol. The molecule has 290 valence electrons. The molecule has 1 aliphatic carbocycles. The van der Waals surface area contributed by atoms with E-state index in [2.05, 4.69) is 26.8 Å². The quantitative estimate of drug-likeness (QED) is 0.242. The molecule has 0 unspecified atom stereocenters. The Morgan fingerprint density at radius 3 is 2.61 bits per heavy atom. The highest BCUT2D eigenvalue weighted by atomic mass is 16.7. The molecule has 2 N–H and O–H groups in total. The van der Waals surface area contributed by atoms with Crippen molar-refractivity contribution in [3.63, 3.8) is 0 Å². The fourth-order valence-corrected chi connectivity index (χ4v) is 9.24. The highest BCUT2D eigenvalue weighted by Gasteiger charge is 2.60. The van der Waals surface area contributed by atoms with Crippen LogP contribution in [0.2, 0.25) is 0 Å². The fourth-order valence-electron chi connectivity index (χ4n) is 9.24. The number of esters is 2. The third kappa shape index (κ3) is 7.38. The number of rotatable bonds is 4. The van der Waals surface area contributed by atoms with Crippen LogP contribution in [-0.4, -0.2) is 76.8 Å². The van der Waals surface area contributed by atoms with Gasteiger partial charge in [-0.1, -0.05) is 94.8 Å². The molecule has 4 aliphatic heterocycles. The molecule has 9 nitrogen and oxygen atoms in total. The zero-order chi connectivity index (χ0) is 38.4. The largest absolute Gasteiger partial charge is 0.462 e. The van der Waals surface area contributed by atoms with E-state index in [9.17, 15) is 19.8 Å². The van der Waals surface area contributed by atoms with E-state index in [0.717, 1.165) is 29.2 Å². The van der Waals surface area contributed by atoms with Crippen molar-refractivity contribution in [1.29, 1.82) is 0 Å². The first kappa shape index (κ1) is 38.7. The normalized spacial score (nSPS) is 40.3. The first-order chi connectivity index (χ1) is 25.8. The summed E-state index contributed by atoms with van der Waals surface area (Å²) in [6.07, 6.45) is 9.42. The smallest absolute Gasteiger partial charge is 0.338 e. The van der Waals surface area contributed by atoms with E-state index in [1.807, 2.05) is 56.3 Å². The van der Waals surface area contributed by atoms with Crippen LogP contribution in [0.4, 0.5) is 0 Å². The topological polar surface area (TPSA) is 121 Å². The van der Waals surface area contributed by atoms with Crippen molar-refractivity contribution < 1.29 is 43.5 Å². The van der Waals surface area contributed by atoms with E-state index in [4.69, 9.17) is 23.7 Å². The predicted octanol–water partition coefficient (Wildman–Crippen LogP) is 7.55. The number of hydrogen-bond donors (Lipinski definition) is 2. The molecule has 2 aromatic carbocycles. The molecule has 0 amide bonds. The molecule has 2 bridgehead atoms. The van der Waals surface area contributed by atoms with Gasteiger partial charge in [0.05, 0.1) is 24.4 Å². The summed E-state index contributed by atoms with van der Waals surface area (Å²) in [5.74, 6) is -2.60. The maximum atomic E-state index is 14.2. The van der Waals surface area contributed by atoms with Crippen LogP contribution in [-0.2, 0) is 28.5 Å². The van der Waals surface area contributed by atoms with Gasteiger partial charge in [0.25, 0.3) is 0 Å². The summed E-state index contributed by atoms with van der Waals surface area (Å²) in [5, 5.41) is 25.5. The van der Waals surface area contributed by atoms with E-state index >= 15 is 0 Å². The van der Waals surface area contributed by atoms with Crippen molar-refractivity contribution in [2.75, 3.05) is 6.61 Å². The minimum atomic E-state index is -1.82. The number of benzene rings is 2. The molecule has 3 saturated heterocycles. The number of carbonyl (C=O) groups is 2. The van der Waals surface area contributed by atoms with Gasteiger partial charge in [-0.25, -0.2) is 4.79 Å². The van der Waals surface area contributed by atoms with Crippen LogP contribution < -0.4 is 0 Å². The Morgan fingerprint density at radius 2 is 1.83 bits per heavy atom. The lowest BCUT2D eigenvalue weighted by Gasteiger charge is -2.51. The van der Waals surface area contributed by atoms with Gasteiger partial charge >= 0.3 is 11.9 Å². The Kier molecular flexibility index (Phi) is 11.1. The SMILES string of the molecule is CC[C@H](C)[C@H]1O[C@]2(CC[C@@H]1C)C[C@@H]1C[C@@H](C/C=C(\C)[C@@H](OC(=O)c3ccc4ccccc4c3)[C@@H](C)/C=C/C=C3\CO[C@@H]4[C@H](O)C(C)=C[C@@H](C(=O)O1)[C@]34O)O2. The van der Waals surface area contributed by atoms with Gasteiger partial charge in [-0.15, -0.1) is 0 Å². The van der Waals surface area contributed by atoms with Crippen molar-refractivity contribution in [2.24, 2.45) is 23.7 Å².